The van der Waals surface area contributed by atoms with Gasteiger partial charge in [-0.1, -0.05) is 17.7 Å². The zero-order valence-electron chi connectivity index (χ0n) is 15.0. The first-order valence-corrected chi connectivity index (χ1v) is 10.1. The van der Waals surface area contributed by atoms with Gasteiger partial charge < -0.3 is 5.32 Å². The quantitative estimate of drug-likeness (QED) is 0.634. The predicted octanol–water partition coefficient (Wildman–Crippen LogP) is 4.78. The van der Waals surface area contributed by atoms with Crippen molar-refractivity contribution in [3.05, 3.63) is 58.6 Å². The monoisotopic (exact) mass is 474 g/mol. The van der Waals surface area contributed by atoms with Crippen LogP contribution in [-0.4, -0.2) is 27.1 Å². The van der Waals surface area contributed by atoms with Gasteiger partial charge in [-0.2, -0.15) is 26.3 Å². The van der Waals surface area contributed by atoms with Gasteiger partial charge in [0.1, 0.15) is 6.54 Å². The van der Waals surface area contributed by atoms with Crippen molar-refractivity contribution in [1.82, 2.24) is 0 Å². The van der Waals surface area contributed by atoms with Gasteiger partial charge in [0, 0.05) is 5.02 Å². The molecule has 30 heavy (non-hydrogen) atoms. The molecule has 2 aromatic carbocycles. The summed E-state index contributed by atoms with van der Waals surface area (Å²) < 4.78 is 102. The van der Waals surface area contributed by atoms with Gasteiger partial charge in [0.15, 0.2) is 0 Å². The third-order valence-electron chi connectivity index (χ3n) is 3.71. The highest BCUT2D eigenvalue weighted by molar-refractivity contribution is 7.92. The number of sulfonamides is 1. The maximum Gasteiger partial charge on any atom is 0.418 e. The number of halogens is 7. The molecular weight excluding hydrogens is 462 g/mol. The Kier molecular flexibility index (Phi) is 6.62. The van der Waals surface area contributed by atoms with Crippen LogP contribution in [0.1, 0.15) is 11.1 Å². The summed E-state index contributed by atoms with van der Waals surface area (Å²) in [6.07, 6.45) is -9.00. The minimum absolute atomic E-state index is 0.248. The fourth-order valence-corrected chi connectivity index (χ4v) is 3.44. The molecule has 0 aliphatic rings. The van der Waals surface area contributed by atoms with Crippen molar-refractivity contribution >= 4 is 38.9 Å². The van der Waals surface area contributed by atoms with Crippen LogP contribution in [0.3, 0.4) is 0 Å². The van der Waals surface area contributed by atoms with Crippen molar-refractivity contribution in [2.24, 2.45) is 0 Å². The highest BCUT2D eigenvalue weighted by Gasteiger charge is 2.35. The number of alkyl halides is 6. The number of anilines is 2. The van der Waals surface area contributed by atoms with Gasteiger partial charge in [0.25, 0.3) is 0 Å². The Labute approximate surface area is 172 Å². The third kappa shape index (κ3) is 6.02. The van der Waals surface area contributed by atoms with Gasteiger partial charge >= 0.3 is 12.4 Å². The fraction of sp³-hybridized carbons (Fsp3) is 0.235. The minimum Gasteiger partial charge on any atom is -0.324 e. The number of carbonyl (C=O) groups is 1. The lowest BCUT2D eigenvalue weighted by Gasteiger charge is -2.23. The number of hydrogen-bond donors (Lipinski definition) is 1. The van der Waals surface area contributed by atoms with Crippen molar-refractivity contribution in [3.63, 3.8) is 0 Å². The van der Waals surface area contributed by atoms with Crippen molar-refractivity contribution in [2.45, 2.75) is 12.4 Å². The average Bonchev–Trinajstić information content (AvgIpc) is 2.59. The lowest BCUT2D eigenvalue weighted by molar-refractivity contribution is -0.138. The van der Waals surface area contributed by atoms with E-state index in [1.54, 1.807) is 0 Å². The number of amides is 1. The van der Waals surface area contributed by atoms with Crippen LogP contribution in [0.15, 0.2) is 42.5 Å². The number of nitrogens with one attached hydrogen (secondary N) is 1. The Bertz CT molecular complexity index is 1050. The van der Waals surface area contributed by atoms with Crippen LogP contribution in [0.5, 0.6) is 0 Å². The molecule has 0 unspecified atom stereocenters. The van der Waals surface area contributed by atoms with E-state index in [1.165, 1.54) is 0 Å². The normalized spacial score (nSPS) is 12.5. The van der Waals surface area contributed by atoms with Crippen molar-refractivity contribution in [3.8, 4) is 0 Å². The van der Waals surface area contributed by atoms with Crippen LogP contribution in [0.25, 0.3) is 0 Å². The van der Waals surface area contributed by atoms with Crippen LogP contribution >= 0.6 is 11.6 Å². The Morgan fingerprint density at radius 2 is 1.67 bits per heavy atom. The summed E-state index contributed by atoms with van der Waals surface area (Å²) in [5.74, 6) is -1.20. The second-order valence-corrected chi connectivity index (χ2v) is 8.40. The molecule has 0 spiro atoms. The van der Waals surface area contributed by atoms with Crippen molar-refractivity contribution in [2.75, 3.05) is 22.4 Å². The first-order valence-electron chi connectivity index (χ1n) is 7.90. The Morgan fingerprint density at radius 1 is 1.03 bits per heavy atom. The third-order valence-corrected chi connectivity index (χ3v) is 5.09. The molecule has 1 amide bonds. The van der Waals surface area contributed by atoms with Crippen molar-refractivity contribution < 1.29 is 39.6 Å². The zero-order chi connectivity index (χ0) is 22.9. The molecule has 0 saturated carbocycles. The first kappa shape index (κ1) is 23.8. The van der Waals surface area contributed by atoms with Crippen molar-refractivity contribution in [1.29, 1.82) is 0 Å². The molecule has 2 rings (SSSR count). The molecule has 0 aliphatic heterocycles. The van der Waals surface area contributed by atoms with E-state index in [2.05, 4.69) is 0 Å². The summed E-state index contributed by atoms with van der Waals surface area (Å²) in [5.41, 5.74) is -3.59. The molecule has 0 saturated heterocycles. The molecule has 164 valence electrons. The summed E-state index contributed by atoms with van der Waals surface area (Å²) in [6.45, 7) is -1.06. The van der Waals surface area contributed by atoms with Gasteiger partial charge in [0.05, 0.1) is 28.8 Å². The van der Waals surface area contributed by atoms with E-state index in [0.717, 1.165) is 24.3 Å². The van der Waals surface area contributed by atoms with E-state index in [0.29, 0.717) is 28.8 Å². The molecule has 0 radical (unpaired) electrons. The molecule has 0 atom stereocenters. The van der Waals surface area contributed by atoms with Crippen LogP contribution in [0.2, 0.25) is 5.02 Å². The van der Waals surface area contributed by atoms with Crippen LogP contribution < -0.4 is 9.62 Å². The summed E-state index contributed by atoms with van der Waals surface area (Å²) in [5, 5.41) is 1.67. The minimum atomic E-state index is -4.87. The predicted molar refractivity (Wildman–Crippen MR) is 98.7 cm³/mol. The Balaban J connectivity index is 2.35. The van der Waals surface area contributed by atoms with Crippen LogP contribution in [-0.2, 0) is 27.2 Å². The number of benzene rings is 2. The number of hydrogen-bond acceptors (Lipinski definition) is 3. The summed E-state index contributed by atoms with van der Waals surface area (Å²) >= 11 is 5.54. The van der Waals surface area contributed by atoms with Gasteiger partial charge in [0.2, 0.25) is 15.9 Å². The molecule has 0 aliphatic carbocycles. The molecule has 0 bridgehead atoms. The number of nitrogens with zero attached hydrogens (tertiary/aromatic N) is 1. The molecule has 0 heterocycles. The molecule has 13 heteroatoms. The Hall–Kier alpha value is -2.47. The van der Waals surface area contributed by atoms with E-state index in [-0.39, 0.29) is 5.02 Å². The SMILES string of the molecule is CS(=O)(=O)N(CC(=O)Nc1ccc(Cl)cc1C(F)(F)F)c1cccc(C(F)(F)F)c1. The van der Waals surface area contributed by atoms with Crippen LogP contribution in [0.4, 0.5) is 37.7 Å². The van der Waals surface area contributed by atoms with E-state index in [1.807, 2.05) is 5.32 Å². The fourth-order valence-electron chi connectivity index (χ4n) is 2.42. The molecule has 0 aromatic heterocycles. The van der Waals surface area contributed by atoms with Crippen LogP contribution in [0, 0.1) is 0 Å². The first-order chi connectivity index (χ1) is 13.6. The van der Waals surface area contributed by atoms with E-state index >= 15 is 0 Å². The van der Waals surface area contributed by atoms with E-state index in [9.17, 15) is 39.6 Å². The summed E-state index contributed by atoms with van der Waals surface area (Å²) in [7, 11) is -4.25. The molecule has 5 nitrogen and oxygen atoms in total. The van der Waals surface area contributed by atoms with Gasteiger partial charge in [-0.3, -0.25) is 9.10 Å². The molecule has 1 N–H and O–H groups in total. The van der Waals surface area contributed by atoms with Gasteiger partial charge in [-0.25, -0.2) is 8.42 Å². The molecule has 2 aromatic rings. The Morgan fingerprint density at radius 3 is 2.20 bits per heavy atom. The second kappa shape index (κ2) is 8.34. The standard InChI is InChI=1S/C17H13ClF6N2O3S/c1-30(28,29)26(12-4-2-3-10(7-12)16(19,20)21)9-15(27)25-14-6-5-11(18)8-13(14)17(22,23)24/h2-8H,9H2,1H3,(H,25,27). The topological polar surface area (TPSA) is 66.5 Å². The van der Waals surface area contributed by atoms with Gasteiger partial charge in [-0.05, 0) is 36.4 Å². The maximum atomic E-state index is 13.1. The average molecular weight is 475 g/mol. The maximum absolute atomic E-state index is 13.1. The summed E-state index contributed by atoms with van der Waals surface area (Å²) in [6, 6.07) is 5.69. The van der Waals surface area contributed by atoms with E-state index < -0.39 is 57.3 Å². The lowest BCUT2D eigenvalue weighted by Crippen LogP contribution is -2.37. The molecular formula is C17H13ClF6N2O3S. The largest absolute Gasteiger partial charge is 0.418 e. The van der Waals surface area contributed by atoms with E-state index in [4.69, 9.17) is 11.6 Å². The lowest BCUT2D eigenvalue weighted by atomic mass is 10.1. The molecule has 0 fully saturated rings. The number of carbonyl (C=O) groups excluding carboxylic acids is 1. The highest BCUT2D eigenvalue weighted by atomic mass is 35.5. The smallest absolute Gasteiger partial charge is 0.324 e. The summed E-state index contributed by atoms with van der Waals surface area (Å²) in [4.78, 5) is 12.2. The second-order valence-electron chi connectivity index (χ2n) is 6.05. The zero-order valence-corrected chi connectivity index (χ0v) is 16.5. The van der Waals surface area contributed by atoms with Gasteiger partial charge in [-0.15, -0.1) is 0 Å². The highest BCUT2D eigenvalue weighted by Crippen LogP contribution is 2.37. The number of rotatable bonds is 5.